The average Bonchev–Trinajstić information content (AvgIpc) is 2.83. The highest BCUT2D eigenvalue weighted by Gasteiger charge is 2.25. The van der Waals surface area contributed by atoms with Gasteiger partial charge in [-0.05, 0) is 25.3 Å². The lowest BCUT2D eigenvalue weighted by molar-refractivity contribution is -0.136. The van der Waals surface area contributed by atoms with Crippen molar-refractivity contribution in [3.05, 3.63) is 0 Å². The second-order valence-corrected chi connectivity index (χ2v) is 4.88. The van der Waals surface area contributed by atoms with Crippen LogP contribution < -0.4 is 5.32 Å². The van der Waals surface area contributed by atoms with Crippen molar-refractivity contribution in [3.63, 3.8) is 0 Å². The third-order valence-corrected chi connectivity index (χ3v) is 3.65. The largest absolute Gasteiger partial charge is 0.378 e. The van der Waals surface area contributed by atoms with Gasteiger partial charge in [0, 0.05) is 25.6 Å². The minimum atomic E-state index is 0.296. The Bertz CT molecular complexity index is 233. The van der Waals surface area contributed by atoms with Crippen LogP contribution in [0, 0.1) is 5.92 Å². The minimum absolute atomic E-state index is 0.296. The molecule has 1 N–H and O–H groups in total. The molecule has 2 atom stereocenters. The number of amides is 1. The zero-order valence-corrected chi connectivity index (χ0v) is 10.1. The number of carbonyl (C=O) groups excluding carboxylic acids is 1. The first-order valence-electron chi connectivity index (χ1n) is 6.36. The third-order valence-electron chi connectivity index (χ3n) is 3.65. The molecule has 0 saturated carbocycles. The summed E-state index contributed by atoms with van der Waals surface area (Å²) in [6.07, 6.45) is 3.15. The molecule has 0 aromatic rings. The van der Waals surface area contributed by atoms with E-state index in [0.717, 1.165) is 19.6 Å². The quantitative estimate of drug-likeness (QED) is 0.767. The van der Waals surface area contributed by atoms with Gasteiger partial charge in [-0.15, -0.1) is 0 Å². The molecule has 0 spiro atoms. The summed E-state index contributed by atoms with van der Waals surface area (Å²) in [5.41, 5.74) is 0. The molecule has 1 amide bonds. The van der Waals surface area contributed by atoms with Crippen LogP contribution in [0.4, 0.5) is 0 Å². The summed E-state index contributed by atoms with van der Waals surface area (Å²) in [4.78, 5) is 13.9. The second-order valence-electron chi connectivity index (χ2n) is 4.88. The lowest BCUT2D eigenvalue weighted by atomic mass is 9.96. The van der Waals surface area contributed by atoms with Crippen LogP contribution in [-0.2, 0) is 9.53 Å². The predicted octanol–water partition coefficient (Wildman–Crippen LogP) is 0.623. The maximum Gasteiger partial charge on any atom is 0.223 e. The second kappa shape index (κ2) is 5.64. The van der Waals surface area contributed by atoms with E-state index < -0.39 is 0 Å². The summed E-state index contributed by atoms with van der Waals surface area (Å²) >= 11 is 0. The van der Waals surface area contributed by atoms with Gasteiger partial charge in [0.25, 0.3) is 0 Å². The van der Waals surface area contributed by atoms with Crippen LogP contribution >= 0.6 is 0 Å². The Morgan fingerprint density at radius 3 is 2.88 bits per heavy atom. The van der Waals surface area contributed by atoms with Gasteiger partial charge in [0.1, 0.15) is 0 Å². The molecular formula is C12H22N2O2. The molecule has 0 aliphatic carbocycles. The molecule has 2 fully saturated rings. The molecule has 4 nitrogen and oxygen atoms in total. The predicted molar refractivity (Wildman–Crippen MR) is 62.2 cm³/mol. The topological polar surface area (TPSA) is 41.6 Å². The summed E-state index contributed by atoms with van der Waals surface area (Å²) in [6, 6.07) is 0.546. The van der Waals surface area contributed by atoms with E-state index in [4.69, 9.17) is 4.74 Å². The van der Waals surface area contributed by atoms with Gasteiger partial charge in [-0.1, -0.05) is 6.92 Å². The molecule has 4 heteroatoms. The molecule has 2 aliphatic rings. The average molecular weight is 226 g/mol. The van der Waals surface area contributed by atoms with Crippen molar-refractivity contribution in [2.45, 2.75) is 32.2 Å². The van der Waals surface area contributed by atoms with Crippen LogP contribution in [0.3, 0.4) is 0 Å². The van der Waals surface area contributed by atoms with Crippen molar-refractivity contribution >= 4 is 5.91 Å². The Hall–Kier alpha value is -0.610. The number of hydrogen-bond donors (Lipinski definition) is 1. The van der Waals surface area contributed by atoms with Gasteiger partial charge in [0.05, 0.1) is 13.2 Å². The van der Waals surface area contributed by atoms with Gasteiger partial charge in [-0.25, -0.2) is 0 Å². The summed E-state index contributed by atoms with van der Waals surface area (Å²) < 4.78 is 5.25. The molecule has 0 unspecified atom stereocenters. The van der Waals surface area contributed by atoms with E-state index in [0.29, 0.717) is 37.5 Å². The van der Waals surface area contributed by atoms with E-state index >= 15 is 0 Å². The Balaban J connectivity index is 1.76. The first-order chi connectivity index (χ1) is 7.77. The summed E-state index contributed by atoms with van der Waals surface area (Å²) in [5.74, 6) is 0.752. The van der Waals surface area contributed by atoms with Gasteiger partial charge >= 0.3 is 0 Å². The smallest absolute Gasteiger partial charge is 0.223 e. The van der Waals surface area contributed by atoms with Crippen molar-refractivity contribution in [2.24, 2.45) is 5.92 Å². The van der Waals surface area contributed by atoms with Crippen LogP contribution in [-0.4, -0.2) is 49.7 Å². The van der Waals surface area contributed by atoms with Gasteiger partial charge < -0.3 is 15.0 Å². The van der Waals surface area contributed by atoms with Crippen molar-refractivity contribution in [2.75, 3.05) is 32.8 Å². The Morgan fingerprint density at radius 1 is 1.50 bits per heavy atom. The van der Waals surface area contributed by atoms with Crippen molar-refractivity contribution < 1.29 is 9.53 Å². The molecule has 0 aromatic carbocycles. The van der Waals surface area contributed by atoms with E-state index in [1.807, 2.05) is 4.90 Å². The van der Waals surface area contributed by atoms with Crippen LogP contribution in [0.2, 0.25) is 0 Å². The van der Waals surface area contributed by atoms with Crippen molar-refractivity contribution in [1.82, 2.24) is 10.2 Å². The Morgan fingerprint density at radius 2 is 2.25 bits per heavy atom. The normalized spacial score (nSPS) is 28.1. The van der Waals surface area contributed by atoms with Gasteiger partial charge in [0.15, 0.2) is 0 Å². The van der Waals surface area contributed by atoms with Gasteiger partial charge in [-0.3, -0.25) is 4.79 Å². The van der Waals surface area contributed by atoms with Crippen molar-refractivity contribution in [1.29, 1.82) is 0 Å². The highest BCUT2D eigenvalue weighted by Crippen LogP contribution is 2.18. The number of nitrogens with one attached hydrogen (secondary N) is 1. The van der Waals surface area contributed by atoms with Crippen LogP contribution in [0.25, 0.3) is 0 Å². The Labute approximate surface area is 97.3 Å². The maximum atomic E-state index is 12.0. The molecule has 2 saturated heterocycles. The molecule has 0 aromatic heterocycles. The SMILES string of the molecule is C[C@H](CC(=O)N1CCOCC1)[C@H]1CCCN1. The summed E-state index contributed by atoms with van der Waals surface area (Å²) in [6.45, 7) is 6.22. The fourth-order valence-corrected chi connectivity index (χ4v) is 2.56. The molecule has 2 heterocycles. The standard InChI is InChI=1S/C12H22N2O2/c1-10(11-3-2-4-13-11)9-12(15)14-5-7-16-8-6-14/h10-11,13H,2-9H2,1H3/t10-,11-/m1/s1. The van der Waals surface area contributed by atoms with E-state index in [-0.39, 0.29) is 0 Å². The fraction of sp³-hybridized carbons (Fsp3) is 0.917. The number of morpholine rings is 1. The third kappa shape index (κ3) is 2.95. The van der Waals surface area contributed by atoms with E-state index in [1.165, 1.54) is 12.8 Å². The van der Waals surface area contributed by atoms with E-state index in [2.05, 4.69) is 12.2 Å². The van der Waals surface area contributed by atoms with Crippen LogP contribution in [0.5, 0.6) is 0 Å². The Kier molecular flexibility index (Phi) is 4.18. The number of nitrogens with zero attached hydrogens (tertiary/aromatic N) is 1. The highest BCUT2D eigenvalue weighted by atomic mass is 16.5. The zero-order valence-electron chi connectivity index (χ0n) is 10.1. The summed E-state index contributed by atoms with van der Waals surface area (Å²) in [7, 11) is 0. The number of ether oxygens (including phenoxy) is 1. The molecule has 92 valence electrons. The van der Waals surface area contributed by atoms with E-state index in [1.54, 1.807) is 0 Å². The van der Waals surface area contributed by atoms with Crippen molar-refractivity contribution in [3.8, 4) is 0 Å². The molecule has 2 aliphatic heterocycles. The number of carbonyl (C=O) groups is 1. The van der Waals surface area contributed by atoms with Gasteiger partial charge in [0.2, 0.25) is 5.91 Å². The highest BCUT2D eigenvalue weighted by molar-refractivity contribution is 5.76. The fourth-order valence-electron chi connectivity index (χ4n) is 2.56. The van der Waals surface area contributed by atoms with Crippen LogP contribution in [0.1, 0.15) is 26.2 Å². The molecule has 16 heavy (non-hydrogen) atoms. The molecular weight excluding hydrogens is 204 g/mol. The maximum absolute atomic E-state index is 12.0. The number of rotatable bonds is 3. The first-order valence-corrected chi connectivity index (χ1v) is 6.36. The first kappa shape index (κ1) is 11.9. The number of hydrogen-bond acceptors (Lipinski definition) is 3. The van der Waals surface area contributed by atoms with E-state index in [9.17, 15) is 4.79 Å². The molecule has 2 rings (SSSR count). The van der Waals surface area contributed by atoms with Crippen LogP contribution in [0.15, 0.2) is 0 Å². The monoisotopic (exact) mass is 226 g/mol. The minimum Gasteiger partial charge on any atom is -0.378 e. The lowest BCUT2D eigenvalue weighted by Gasteiger charge is -2.29. The van der Waals surface area contributed by atoms with Gasteiger partial charge in [-0.2, -0.15) is 0 Å². The molecule has 0 bridgehead atoms. The summed E-state index contributed by atoms with van der Waals surface area (Å²) in [5, 5.41) is 3.47. The molecule has 0 radical (unpaired) electrons. The zero-order chi connectivity index (χ0) is 11.4. The lowest BCUT2D eigenvalue weighted by Crippen LogP contribution is -2.42.